The number of likely N-dealkylation sites (tertiary alicyclic amines) is 1. The summed E-state index contributed by atoms with van der Waals surface area (Å²) in [5.41, 5.74) is 1.66. The predicted molar refractivity (Wildman–Crippen MR) is 150 cm³/mol. The lowest BCUT2D eigenvalue weighted by atomic mass is 9.95. The molecule has 2 atom stereocenters. The predicted octanol–water partition coefficient (Wildman–Crippen LogP) is 4.63. The number of carbonyl (C=O) groups excluding carboxylic acids is 3. The largest absolute Gasteiger partial charge is 0.469 e. The van der Waals surface area contributed by atoms with Gasteiger partial charge >= 0.3 is 5.97 Å². The number of methoxy groups -OCH3 is 1. The SMILES string of the molecule is COC(=O)[C@H]1CCN(C(=O)C(Cc2ccc(-c3ncc(Br)cn3)cc2)NC(=O)c2ccc(C(C)(C)C)s2)C1. The average Bonchev–Trinajstić information content (AvgIpc) is 3.59. The summed E-state index contributed by atoms with van der Waals surface area (Å²) in [4.78, 5) is 50.8. The van der Waals surface area contributed by atoms with Crippen molar-refractivity contribution in [2.75, 3.05) is 20.2 Å². The highest BCUT2D eigenvalue weighted by Crippen LogP contribution is 2.29. The van der Waals surface area contributed by atoms with Crippen molar-refractivity contribution in [2.24, 2.45) is 5.92 Å². The number of nitrogens with one attached hydrogen (secondary N) is 1. The van der Waals surface area contributed by atoms with Crippen LogP contribution in [0.3, 0.4) is 0 Å². The van der Waals surface area contributed by atoms with E-state index in [0.29, 0.717) is 30.1 Å². The van der Waals surface area contributed by atoms with Gasteiger partial charge in [-0.2, -0.15) is 0 Å². The number of thiophene rings is 1. The minimum atomic E-state index is -0.783. The first-order chi connectivity index (χ1) is 18.0. The van der Waals surface area contributed by atoms with Crippen molar-refractivity contribution in [2.45, 2.75) is 45.1 Å². The topological polar surface area (TPSA) is 101 Å². The Kier molecular flexibility index (Phi) is 8.62. The van der Waals surface area contributed by atoms with Crippen LogP contribution in [-0.4, -0.2) is 58.9 Å². The molecular formula is C28H31BrN4O4S. The molecule has 1 aliphatic rings. The summed E-state index contributed by atoms with van der Waals surface area (Å²) in [6.45, 7) is 7.02. The van der Waals surface area contributed by atoms with Crippen LogP contribution in [0.5, 0.6) is 0 Å². The Morgan fingerprint density at radius 2 is 1.82 bits per heavy atom. The third kappa shape index (κ3) is 6.66. The van der Waals surface area contributed by atoms with Gasteiger partial charge in [0.25, 0.3) is 5.91 Å². The van der Waals surface area contributed by atoms with Crippen molar-refractivity contribution >= 4 is 45.1 Å². The number of hydrogen-bond donors (Lipinski definition) is 1. The van der Waals surface area contributed by atoms with Crippen molar-refractivity contribution in [1.82, 2.24) is 20.2 Å². The second-order valence-corrected chi connectivity index (χ2v) is 12.4. The zero-order valence-corrected chi connectivity index (χ0v) is 24.3. The number of halogens is 1. The van der Waals surface area contributed by atoms with E-state index in [1.54, 1.807) is 23.4 Å². The monoisotopic (exact) mass is 598 g/mol. The molecule has 0 saturated carbocycles. The number of nitrogens with zero attached hydrogens (tertiary/aromatic N) is 3. The van der Waals surface area contributed by atoms with Crippen molar-refractivity contribution in [3.8, 4) is 11.4 Å². The first kappa shape index (κ1) is 27.9. The first-order valence-corrected chi connectivity index (χ1v) is 14.0. The van der Waals surface area contributed by atoms with Gasteiger partial charge in [0.05, 0.1) is 22.4 Å². The maximum Gasteiger partial charge on any atom is 0.310 e. The summed E-state index contributed by atoms with van der Waals surface area (Å²) >= 11 is 4.77. The number of aromatic nitrogens is 2. The minimum Gasteiger partial charge on any atom is -0.469 e. The van der Waals surface area contributed by atoms with Crippen LogP contribution in [0, 0.1) is 5.92 Å². The van der Waals surface area contributed by atoms with Crippen LogP contribution in [0.15, 0.2) is 53.3 Å². The lowest BCUT2D eigenvalue weighted by Crippen LogP contribution is -2.49. The second-order valence-electron chi connectivity index (χ2n) is 10.4. The van der Waals surface area contributed by atoms with E-state index in [4.69, 9.17) is 4.74 Å². The fourth-order valence-corrected chi connectivity index (χ4v) is 5.49. The molecule has 0 spiro atoms. The maximum absolute atomic E-state index is 13.6. The molecule has 1 aliphatic heterocycles. The molecule has 2 aromatic heterocycles. The lowest BCUT2D eigenvalue weighted by Gasteiger charge is -2.24. The Balaban J connectivity index is 1.53. The van der Waals surface area contributed by atoms with Crippen molar-refractivity contribution < 1.29 is 19.1 Å². The summed E-state index contributed by atoms with van der Waals surface area (Å²) in [6.07, 6.45) is 4.23. The van der Waals surface area contributed by atoms with Gasteiger partial charge in [-0.1, -0.05) is 45.0 Å². The molecule has 1 aromatic carbocycles. The van der Waals surface area contributed by atoms with Crippen LogP contribution in [0.1, 0.15) is 47.3 Å². The fraction of sp³-hybridized carbons (Fsp3) is 0.393. The second kappa shape index (κ2) is 11.7. The molecule has 1 fully saturated rings. The van der Waals surface area contributed by atoms with Gasteiger partial charge in [0.2, 0.25) is 5.91 Å². The van der Waals surface area contributed by atoms with E-state index in [9.17, 15) is 14.4 Å². The zero-order valence-electron chi connectivity index (χ0n) is 21.9. The first-order valence-electron chi connectivity index (χ1n) is 12.4. The fourth-order valence-electron chi connectivity index (χ4n) is 4.32. The summed E-state index contributed by atoms with van der Waals surface area (Å²) in [7, 11) is 1.35. The Hall–Kier alpha value is -3.11. The number of rotatable bonds is 7. The highest BCUT2D eigenvalue weighted by Gasteiger charge is 2.35. The molecule has 200 valence electrons. The molecule has 0 radical (unpaired) electrons. The molecule has 0 bridgehead atoms. The highest BCUT2D eigenvalue weighted by molar-refractivity contribution is 9.10. The van der Waals surface area contributed by atoms with Crippen LogP contribution in [-0.2, 0) is 26.2 Å². The average molecular weight is 600 g/mol. The number of benzene rings is 1. The van der Waals surface area contributed by atoms with Crippen LogP contribution < -0.4 is 5.32 Å². The molecule has 3 aromatic rings. The van der Waals surface area contributed by atoms with Gasteiger partial charge in [0, 0.05) is 42.3 Å². The van der Waals surface area contributed by atoms with Gasteiger partial charge < -0.3 is 15.0 Å². The highest BCUT2D eigenvalue weighted by atomic mass is 79.9. The van der Waals surface area contributed by atoms with E-state index < -0.39 is 6.04 Å². The quantitative estimate of drug-likeness (QED) is 0.398. The van der Waals surface area contributed by atoms with Crippen LogP contribution in [0.4, 0.5) is 0 Å². The van der Waals surface area contributed by atoms with Crippen molar-refractivity contribution in [3.63, 3.8) is 0 Å². The normalized spacial score (nSPS) is 16.2. The molecule has 38 heavy (non-hydrogen) atoms. The molecule has 1 unspecified atom stereocenters. The summed E-state index contributed by atoms with van der Waals surface area (Å²) in [5, 5.41) is 2.97. The standard InChI is InChI=1S/C28H31BrN4O4S/c1-28(2,3)23-10-9-22(38-23)25(34)32-21(26(35)33-12-11-19(16-33)27(36)37-4)13-17-5-7-18(8-6-17)24-30-14-20(29)15-31-24/h5-10,14-15,19,21H,11-13,16H2,1-4H3,(H,32,34)/t19-,21?/m0/s1. The van der Waals surface area contributed by atoms with Gasteiger partial charge in [-0.3, -0.25) is 14.4 Å². The lowest BCUT2D eigenvalue weighted by molar-refractivity contribution is -0.145. The minimum absolute atomic E-state index is 0.0723. The van der Waals surface area contributed by atoms with E-state index in [1.807, 2.05) is 30.3 Å². The van der Waals surface area contributed by atoms with E-state index in [2.05, 4.69) is 52.0 Å². The van der Waals surface area contributed by atoms with Gasteiger partial charge in [-0.25, -0.2) is 9.97 Å². The van der Waals surface area contributed by atoms with E-state index >= 15 is 0 Å². The Morgan fingerprint density at radius 1 is 1.13 bits per heavy atom. The van der Waals surface area contributed by atoms with Gasteiger partial charge in [-0.15, -0.1) is 11.3 Å². The molecule has 8 nitrogen and oxygen atoms in total. The van der Waals surface area contributed by atoms with Gasteiger partial charge in [0.15, 0.2) is 5.82 Å². The number of amides is 2. The molecule has 1 N–H and O–H groups in total. The number of ether oxygens (including phenoxy) is 1. The van der Waals surface area contributed by atoms with Crippen molar-refractivity contribution in [3.05, 3.63) is 68.6 Å². The van der Waals surface area contributed by atoms with Crippen LogP contribution in [0.25, 0.3) is 11.4 Å². The van der Waals surface area contributed by atoms with Crippen molar-refractivity contribution in [1.29, 1.82) is 0 Å². The Labute approximate surface area is 235 Å². The van der Waals surface area contributed by atoms with E-state index in [-0.39, 0.29) is 35.7 Å². The zero-order chi connectivity index (χ0) is 27.4. The maximum atomic E-state index is 13.6. The molecule has 1 saturated heterocycles. The molecular weight excluding hydrogens is 568 g/mol. The molecule has 2 amide bonds. The number of hydrogen-bond acceptors (Lipinski definition) is 7. The van der Waals surface area contributed by atoms with Gasteiger partial charge in [0.1, 0.15) is 6.04 Å². The van der Waals surface area contributed by atoms with E-state index in [1.165, 1.54) is 18.4 Å². The smallest absolute Gasteiger partial charge is 0.310 e. The van der Waals surface area contributed by atoms with E-state index in [0.717, 1.165) is 20.5 Å². The van der Waals surface area contributed by atoms with Gasteiger partial charge in [-0.05, 0) is 45.5 Å². The summed E-state index contributed by atoms with van der Waals surface area (Å²) < 4.78 is 5.66. The summed E-state index contributed by atoms with van der Waals surface area (Å²) in [6, 6.07) is 10.6. The third-order valence-electron chi connectivity index (χ3n) is 6.48. The molecule has 3 heterocycles. The number of esters is 1. The Bertz CT molecular complexity index is 1300. The summed E-state index contributed by atoms with van der Waals surface area (Å²) in [5.74, 6) is -0.568. The molecule has 10 heteroatoms. The molecule has 0 aliphatic carbocycles. The van der Waals surface area contributed by atoms with Crippen LogP contribution >= 0.6 is 27.3 Å². The Morgan fingerprint density at radius 3 is 2.42 bits per heavy atom. The number of carbonyl (C=O) groups is 3. The van der Waals surface area contributed by atoms with Crippen LogP contribution in [0.2, 0.25) is 0 Å². The third-order valence-corrected chi connectivity index (χ3v) is 8.40. The molecule has 4 rings (SSSR count).